The van der Waals surface area contributed by atoms with Gasteiger partial charge in [-0.15, -0.1) is 11.3 Å². The molecule has 1 N–H and O–H groups in total. The molecule has 0 atom stereocenters. The van der Waals surface area contributed by atoms with Crippen molar-refractivity contribution in [3.8, 4) is 5.75 Å². The maximum absolute atomic E-state index is 13.5. The number of rotatable bonds is 7. The number of fused-ring (bicyclic) bond motifs is 2. The molecule has 5 rings (SSSR count). The summed E-state index contributed by atoms with van der Waals surface area (Å²) in [4.78, 5) is 40.8. The number of ether oxygens (including phenoxy) is 2. The van der Waals surface area contributed by atoms with Crippen LogP contribution < -0.4 is 10.1 Å². The first kappa shape index (κ1) is 26.0. The predicted octanol–water partition coefficient (Wildman–Crippen LogP) is 6.21. The van der Waals surface area contributed by atoms with Gasteiger partial charge in [0.2, 0.25) is 5.91 Å². The third-order valence-electron chi connectivity index (χ3n) is 6.83. The Labute approximate surface area is 229 Å². The Morgan fingerprint density at radius 2 is 1.87 bits per heavy atom. The van der Waals surface area contributed by atoms with Gasteiger partial charge in [-0.25, -0.2) is 4.79 Å². The number of anilines is 1. The first-order valence-electron chi connectivity index (χ1n) is 12.4. The summed E-state index contributed by atoms with van der Waals surface area (Å²) in [6, 6.07) is 12.1. The smallest absolute Gasteiger partial charge is 0.341 e. The van der Waals surface area contributed by atoms with E-state index in [0.717, 1.165) is 35.1 Å². The zero-order chi connectivity index (χ0) is 27.0. The van der Waals surface area contributed by atoms with Gasteiger partial charge in [-0.1, -0.05) is 11.6 Å². The van der Waals surface area contributed by atoms with Crippen LogP contribution in [-0.4, -0.2) is 36.1 Å². The Morgan fingerprint density at radius 3 is 2.58 bits per heavy atom. The van der Waals surface area contributed by atoms with Crippen molar-refractivity contribution in [2.75, 3.05) is 19.0 Å². The molecule has 2 aromatic carbocycles. The Morgan fingerprint density at radius 1 is 1.11 bits per heavy atom. The normalized spacial score (nSPS) is 12.4. The van der Waals surface area contributed by atoms with Gasteiger partial charge in [0.15, 0.2) is 0 Å². The number of aryl methyl sites for hydroxylation is 1. The molecule has 0 unspecified atom stereocenters. The molecule has 1 aliphatic carbocycles. The molecule has 196 valence electrons. The minimum atomic E-state index is -0.409. The van der Waals surface area contributed by atoms with E-state index < -0.39 is 5.97 Å². The lowest BCUT2D eigenvalue weighted by molar-refractivity contribution is -0.115. The number of carbonyl (C=O) groups is 3. The van der Waals surface area contributed by atoms with Gasteiger partial charge in [-0.3, -0.25) is 14.2 Å². The summed E-state index contributed by atoms with van der Waals surface area (Å²) >= 11 is 7.46. The molecule has 0 saturated carbocycles. The third-order valence-corrected chi connectivity index (χ3v) is 8.29. The molecule has 2 aromatic heterocycles. The SMILES string of the molecule is CCOC(=O)c1c(NC(=O)Cc2c(C)n(C(=O)c3ccc(Cl)cc3)c3ccc(OC)cc23)sc2c1CCC2. The van der Waals surface area contributed by atoms with Gasteiger partial charge in [0, 0.05) is 26.5 Å². The van der Waals surface area contributed by atoms with Crippen LogP contribution in [0.5, 0.6) is 5.75 Å². The van der Waals surface area contributed by atoms with Crippen LogP contribution in [0.1, 0.15) is 55.8 Å². The number of esters is 1. The maximum atomic E-state index is 13.5. The van der Waals surface area contributed by atoms with Gasteiger partial charge in [0.1, 0.15) is 10.8 Å². The fourth-order valence-electron chi connectivity index (χ4n) is 5.04. The summed E-state index contributed by atoms with van der Waals surface area (Å²) < 4.78 is 12.3. The highest BCUT2D eigenvalue weighted by Gasteiger charge is 2.29. The second kappa shape index (κ2) is 10.6. The molecular formula is C29H27ClN2O5S. The van der Waals surface area contributed by atoms with Gasteiger partial charge in [-0.2, -0.15) is 0 Å². The van der Waals surface area contributed by atoms with E-state index in [1.54, 1.807) is 48.9 Å². The van der Waals surface area contributed by atoms with Crippen molar-refractivity contribution in [3.63, 3.8) is 0 Å². The van der Waals surface area contributed by atoms with Crippen molar-refractivity contribution >= 4 is 56.6 Å². The Kier molecular flexibility index (Phi) is 7.27. The van der Waals surface area contributed by atoms with Gasteiger partial charge >= 0.3 is 5.97 Å². The monoisotopic (exact) mass is 550 g/mol. The quantitative estimate of drug-likeness (QED) is 0.276. The van der Waals surface area contributed by atoms with Crippen LogP contribution >= 0.6 is 22.9 Å². The second-order valence-electron chi connectivity index (χ2n) is 9.10. The van der Waals surface area contributed by atoms with E-state index in [1.165, 1.54) is 11.3 Å². The number of thiophene rings is 1. The minimum Gasteiger partial charge on any atom is -0.497 e. The van der Waals surface area contributed by atoms with Crippen molar-refractivity contribution < 1.29 is 23.9 Å². The minimum absolute atomic E-state index is 0.0151. The van der Waals surface area contributed by atoms with Crippen LogP contribution in [0.3, 0.4) is 0 Å². The maximum Gasteiger partial charge on any atom is 0.341 e. The number of halogens is 1. The molecule has 9 heteroatoms. The van der Waals surface area contributed by atoms with Crippen LogP contribution in [0.25, 0.3) is 10.9 Å². The average Bonchev–Trinajstić information content (AvgIpc) is 3.56. The molecule has 1 aliphatic rings. The van der Waals surface area contributed by atoms with Crippen molar-refractivity contribution in [2.45, 2.75) is 39.5 Å². The number of nitrogens with one attached hydrogen (secondary N) is 1. The highest BCUT2D eigenvalue weighted by molar-refractivity contribution is 7.17. The summed E-state index contributed by atoms with van der Waals surface area (Å²) in [6.07, 6.45) is 2.70. The largest absolute Gasteiger partial charge is 0.497 e. The zero-order valence-corrected chi connectivity index (χ0v) is 22.9. The van der Waals surface area contributed by atoms with E-state index in [4.69, 9.17) is 21.1 Å². The number of aromatic nitrogens is 1. The van der Waals surface area contributed by atoms with Crippen molar-refractivity contribution in [2.24, 2.45) is 0 Å². The predicted molar refractivity (Wildman–Crippen MR) is 149 cm³/mol. The van der Waals surface area contributed by atoms with Crippen LogP contribution in [0.2, 0.25) is 5.02 Å². The van der Waals surface area contributed by atoms with Crippen molar-refractivity contribution in [3.05, 3.63) is 80.3 Å². The van der Waals surface area contributed by atoms with E-state index in [2.05, 4.69) is 5.32 Å². The fraction of sp³-hybridized carbons (Fsp3) is 0.276. The van der Waals surface area contributed by atoms with Crippen LogP contribution in [0.4, 0.5) is 5.00 Å². The molecule has 0 aliphatic heterocycles. The Balaban J connectivity index is 1.51. The third kappa shape index (κ3) is 4.70. The summed E-state index contributed by atoms with van der Waals surface area (Å²) in [5.41, 5.74) is 3.97. The number of amides is 1. The fourth-order valence-corrected chi connectivity index (χ4v) is 6.46. The highest BCUT2D eigenvalue weighted by Crippen LogP contribution is 2.40. The molecular weight excluding hydrogens is 524 g/mol. The highest BCUT2D eigenvalue weighted by atomic mass is 35.5. The van der Waals surface area contributed by atoms with Gasteiger partial charge < -0.3 is 14.8 Å². The number of carbonyl (C=O) groups excluding carboxylic acids is 3. The molecule has 0 radical (unpaired) electrons. The molecule has 7 nitrogen and oxygen atoms in total. The molecule has 0 fully saturated rings. The summed E-state index contributed by atoms with van der Waals surface area (Å²) in [6.45, 7) is 3.85. The number of hydrogen-bond acceptors (Lipinski definition) is 6. The van der Waals surface area contributed by atoms with Crippen LogP contribution in [0.15, 0.2) is 42.5 Å². The molecule has 4 aromatic rings. The topological polar surface area (TPSA) is 86.6 Å². The Bertz CT molecular complexity index is 1570. The number of benzene rings is 2. The first-order valence-corrected chi connectivity index (χ1v) is 13.6. The van der Waals surface area contributed by atoms with Crippen molar-refractivity contribution in [1.29, 1.82) is 0 Å². The summed E-state index contributed by atoms with van der Waals surface area (Å²) in [5, 5.41) is 4.78. The molecule has 38 heavy (non-hydrogen) atoms. The number of nitrogens with zero attached hydrogens (tertiary/aromatic N) is 1. The number of methoxy groups -OCH3 is 1. The lowest BCUT2D eigenvalue weighted by Crippen LogP contribution is -2.18. The zero-order valence-electron chi connectivity index (χ0n) is 21.4. The average molecular weight is 551 g/mol. The molecule has 2 heterocycles. The lowest BCUT2D eigenvalue weighted by Gasteiger charge is -2.09. The Hall–Kier alpha value is -3.62. The van der Waals surface area contributed by atoms with E-state index in [0.29, 0.717) is 43.7 Å². The van der Waals surface area contributed by atoms with E-state index in [9.17, 15) is 14.4 Å². The van der Waals surface area contributed by atoms with Gasteiger partial charge in [0.05, 0.1) is 31.2 Å². The van der Waals surface area contributed by atoms with E-state index in [-0.39, 0.29) is 24.8 Å². The van der Waals surface area contributed by atoms with Crippen molar-refractivity contribution in [1.82, 2.24) is 4.57 Å². The van der Waals surface area contributed by atoms with Crippen LogP contribution in [0, 0.1) is 6.92 Å². The van der Waals surface area contributed by atoms with Gasteiger partial charge in [-0.05, 0) is 86.7 Å². The summed E-state index contributed by atoms with van der Waals surface area (Å²) in [5.74, 6) is -0.289. The first-order chi connectivity index (χ1) is 18.3. The molecule has 1 amide bonds. The second-order valence-corrected chi connectivity index (χ2v) is 10.6. The van der Waals surface area contributed by atoms with E-state index in [1.807, 2.05) is 19.1 Å². The molecule has 0 saturated heterocycles. The van der Waals surface area contributed by atoms with Crippen LogP contribution in [-0.2, 0) is 28.8 Å². The lowest BCUT2D eigenvalue weighted by atomic mass is 10.1. The summed E-state index contributed by atoms with van der Waals surface area (Å²) in [7, 11) is 1.57. The number of hydrogen-bond donors (Lipinski definition) is 1. The molecule has 0 spiro atoms. The molecule has 0 bridgehead atoms. The van der Waals surface area contributed by atoms with Gasteiger partial charge in [0.25, 0.3) is 5.91 Å². The van der Waals surface area contributed by atoms with E-state index >= 15 is 0 Å². The standard InChI is InChI=1S/C29H27ClN2O5S/c1-4-37-29(35)26-20-6-5-7-24(20)38-27(26)31-25(33)15-21-16(2)32(23-13-12-19(36-3)14-22(21)23)28(34)17-8-10-18(30)11-9-17/h8-14H,4-7,15H2,1-3H3,(H,31,33).